The summed E-state index contributed by atoms with van der Waals surface area (Å²) >= 11 is 0. The average molecular weight is 501 g/mol. The highest BCUT2D eigenvalue weighted by Crippen LogP contribution is 2.16. The number of nitrogens with zero attached hydrogens (tertiary/aromatic N) is 1. The molecular weight excluding hydrogens is 473 g/mol. The molecule has 0 heterocycles. The smallest absolute Gasteiger partial charge is 0.191 e. The van der Waals surface area contributed by atoms with Crippen LogP contribution in [0.25, 0.3) is 0 Å². The lowest BCUT2D eigenvalue weighted by Gasteiger charge is -2.13. The quantitative estimate of drug-likeness (QED) is 0.362. The van der Waals surface area contributed by atoms with E-state index in [1.165, 1.54) is 17.4 Å². The monoisotopic (exact) mass is 501 g/mol. The topological polar surface area (TPSA) is 70.6 Å². The Labute approximate surface area is 179 Å². The second-order valence-corrected chi connectivity index (χ2v) is 8.44. The number of nitrogens with one attached hydrogen (secondary N) is 2. The van der Waals surface area contributed by atoms with Crippen LogP contribution in [-0.2, 0) is 22.8 Å². The van der Waals surface area contributed by atoms with Crippen molar-refractivity contribution in [3.63, 3.8) is 0 Å². The second-order valence-electron chi connectivity index (χ2n) is 6.46. The summed E-state index contributed by atoms with van der Waals surface area (Å²) in [7, 11) is -1.45. The fourth-order valence-corrected chi connectivity index (χ4v) is 3.68. The molecule has 0 saturated heterocycles. The Morgan fingerprint density at radius 1 is 1.00 bits per heavy atom. The minimum atomic E-state index is -3.18. The van der Waals surface area contributed by atoms with Crippen molar-refractivity contribution in [2.75, 3.05) is 19.8 Å². The molecule has 7 heteroatoms. The van der Waals surface area contributed by atoms with Gasteiger partial charge in [0.1, 0.15) is 0 Å². The number of hydrogen-bond donors (Lipinski definition) is 2. The van der Waals surface area contributed by atoms with Crippen molar-refractivity contribution in [1.29, 1.82) is 0 Å². The molecule has 0 aromatic heterocycles. The van der Waals surface area contributed by atoms with Gasteiger partial charge in [-0.2, -0.15) is 0 Å². The molecule has 0 unspecified atom stereocenters. The summed E-state index contributed by atoms with van der Waals surface area (Å²) in [6, 6.07) is 13.9. The molecule has 0 aliphatic heterocycles. The number of benzene rings is 2. The molecule has 0 radical (unpaired) electrons. The predicted molar refractivity (Wildman–Crippen MR) is 123 cm³/mol. The molecule has 2 N–H and O–H groups in total. The molecule has 2 rings (SSSR count). The minimum Gasteiger partial charge on any atom is -0.356 e. The molecule has 2 aromatic rings. The molecule has 0 aliphatic carbocycles. The summed E-state index contributed by atoms with van der Waals surface area (Å²) in [6.07, 6.45) is 2.15. The first-order valence-electron chi connectivity index (χ1n) is 8.59. The molecule has 0 spiro atoms. The van der Waals surface area contributed by atoms with Crippen LogP contribution in [0.1, 0.15) is 22.3 Å². The Bertz CT molecular complexity index is 879. The number of aryl methyl sites for hydroxylation is 2. The van der Waals surface area contributed by atoms with Crippen molar-refractivity contribution in [2.45, 2.75) is 31.7 Å². The highest BCUT2D eigenvalue weighted by atomic mass is 127. The van der Waals surface area contributed by atoms with Crippen LogP contribution >= 0.6 is 24.0 Å². The number of guanidine groups is 1. The van der Waals surface area contributed by atoms with E-state index in [1.807, 2.05) is 19.1 Å². The van der Waals surface area contributed by atoms with Crippen LogP contribution in [0.3, 0.4) is 0 Å². The van der Waals surface area contributed by atoms with E-state index in [9.17, 15) is 8.42 Å². The van der Waals surface area contributed by atoms with Crippen LogP contribution in [0, 0.1) is 13.8 Å². The molecule has 0 atom stereocenters. The number of sulfone groups is 1. The normalized spacial score (nSPS) is 11.6. The molecule has 2 aromatic carbocycles. The molecule has 148 valence electrons. The van der Waals surface area contributed by atoms with Crippen molar-refractivity contribution in [2.24, 2.45) is 4.99 Å². The Morgan fingerprint density at radius 2 is 1.63 bits per heavy atom. The van der Waals surface area contributed by atoms with Gasteiger partial charge in [-0.25, -0.2) is 8.42 Å². The van der Waals surface area contributed by atoms with Gasteiger partial charge in [0, 0.05) is 26.4 Å². The molecule has 0 aliphatic rings. The number of hydrogen-bond acceptors (Lipinski definition) is 3. The SMILES string of the molecule is CN=C(NCCc1ccc(C)cc1)NCc1ccc(S(C)(=O)=O)c(C)c1.I. The predicted octanol–water partition coefficient (Wildman–Crippen LogP) is 3.23. The fourth-order valence-electron chi connectivity index (χ4n) is 2.72. The summed E-state index contributed by atoms with van der Waals surface area (Å²) in [4.78, 5) is 4.60. The van der Waals surface area contributed by atoms with E-state index in [2.05, 4.69) is 46.8 Å². The van der Waals surface area contributed by atoms with Crippen molar-refractivity contribution >= 4 is 39.8 Å². The molecule has 5 nitrogen and oxygen atoms in total. The molecular formula is C20H28IN3O2S. The van der Waals surface area contributed by atoms with Crippen LogP contribution in [-0.4, -0.2) is 34.2 Å². The summed E-state index contributed by atoms with van der Waals surface area (Å²) in [5.41, 5.74) is 4.31. The molecule has 0 saturated carbocycles. The van der Waals surface area contributed by atoms with Crippen LogP contribution in [0.5, 0.6) is 0 Å². The molecule has 0 amide bonds. The fraction of sp³-hybridized carbons (Fsp3) is 0.350. The molecule has 27 heavy (non-hydrogen) atoms. The van der Waals surface area contributed by atoms with Gasteiger partial charge >= 0.3 is 0 Å². The summed E-state index contributed by atoms with van der Waals surface area (Å²) in [5, 5.41) is 6.55. The highest BCUT2D eigenvalue weighted by molar-refractivity contribution is 14.0. The van der Waals surface area contributed by atoms with E-state index >= 15 is 0 Å². The Kier molecular flexibility index (Phi) is 9.25. The lowest BCUT2D eigenvalue weighted by atomic mass is 10.1. The summed E-state index contributed by atoms with van der Waals surface area (Å²) in [5.74, 6) is 0.724. The van der Waals surface area contributed by atoms with E-state index in [0.29, 0.717) is 11.4 Å². The first-order chi connectivity index (χ1) is 12.3. The zero-order valence-corrected chi connectivity index (χ0v) is 19.4. The molecule has 0 fully saturated rings. The van der Waals surface area contributed by atoms with Crippen LogP contribution in [0.2, 0.25) is 0 Å². The van der Waals surface area contributed by atoms with Gasteiger partial charge in [0.2, 0.25) is 0 Å². The standard InChI is InChI=1S/C20H27N3O2S.HI/c1-15-5-7-17(8-6-15)11-12-22-20(21-3)23-14-18-9-10-19(16(2)13-18)26(4,24)25;/h5-10,13H,11-12,14H2,1-4H3,(H2,21,22,23);1H. The van der Waals surface area contributed by atoms with Crippen molar-refractivity contribution in [3.8, 4) is 0 Å². The van der Waals surface area contributed by atoms with Crippen molar-refractivity contribution in [3.05, 3.63) is 64.7 Å². The van der Waals surface area contributed by atoms with E-state index in [4.69, 9.17) is 0 Å². The average Bonchev–Trinajstić information content (AvgIpc) is 2.58. The van der Waals surface area contributed by atoms with Crippen molar-refractivity contribution < 1.29 is 8.42 Å². The second kappa shape index (κ2) is 10.7. The lowest BCUT2D eigenvalue weighted by molar-refractivity contribution is 0.601. The van der Waals surface area contributed by atoms with Crippen LogP contribution in [0.4, 0.5) is 0 Å². The van der Waals surface area contributed by atoms with Gasteiger partial charge in [0.25, 0.3) is 0 Å². The minimum absolute atomic E-state index is 0. The van der Waals surface area contributed by atoms with Gasteiger partial charge in [-0.1, -0.05) is 42.0 Å². The first kappa shape index (κ1) is 23.4. The Morgan fingerprint density at radius 3 is 2.19 bits per heavy atom. The lowest BCUT2D eigenvalue weighted by Crippen LogP contribution is -2.37. The van der Waals surface area contributed by atoms with E-state index < -0.39 is 9.84 Å². The van der Waals surface area contributed by atoms with Crippen LogP contribution in [0.15, 0.2) is 52.4 Å². The third kappa shape index (κ3) is 7.50. The van der Waals surface area contributed by atoms with Crippen LogP contribution < -0.4 is 10.6 Å². The maximum absolute atomic E-state index is 11.7. The third-order valence-corrected chi connectivity index (χ3v) is 5.41. The third-order valence-electron chi connectivity index (χ3n) is 4.15. The van der Waals surface area contributed by atoms with Crippen molar-refractivity contribution in [1.82, 2.24) is 10.6 Å². The van der Waals surface area contributed by atoms with E-state index in [0.717, 1.165) is 30.1 Å². The zero-order valence-electron chi connectivity index (χ0n) is 16.2. The number of rotatable bonds is 6. The maximum atomic E-state index is 11.7. The zero-order chi connectivity index (χ0) is 19.2. The largest absolute Gasteiger partial charge is 0.356 e. The maximum Gasteiger partial charge on any atom is 0.191 e. The molecule has 0 bridgehead atoms. The van der Waals surface area contributed by atoms with E-state index in [-0.39, 0.29) is 24.0 Å². The van der Waals surface area contributed by atoms with Gasteiger partial charge < -0.3 is 10.6 Å². The van der Waals surface area contributed by atoms with Gasteiger partial charge in [-0.05, 0) is 43.0 Å². The van der Waals surface area contributed by atoms with Gasteiger partial charge in [0.05, 0.1) is 4.90 Å². The summed E-state index contributed by atoms with van der Waals surface area (Å²) < 4.78 is 23.4. The Balaban J connectivity index is 0.00000364. The first-order valence-corrected chi connectivity index (χ1v) is 10.5. The number of aliphatic imine (C=N–C) groups is 1. The van der Waals surface area contributed by atoms with E-state index in [1.54, 1.807) is 13.1 Å². The van der Waals surface area contributed by atoms with Gasteiger partial charge in [0.15, 0.2) is 15.8 Å². The van der Waals surface area contributed by atoms with Gasteiger partial charge in [-0.15, -0.1) is 24.0 Å². The van der Waals surface area contributed by atoms with Gasteiger partial charge in [-0.3, -0.25) is 4.99 Å². The summed E-state index contributed by atoms with van der Waals surface area (Å²) in [6.45, 7) is 5.26. The highest BCUT2D eigenvalue weighted by Gasteiger charge is 2.10. The number of halogens is 1. The Hall–Kier alpha value is -1.61.